The number of anilines is 2. The van der Waals surface area contributed by atoms with Gasteiger partial charge in [0.05, 0.1) is 11.4 Å². The molecule has 2 saturated heterocycles. The maximum atomic E-state index is 12.7. The minimum atomic E-state index is 0.0373. The van der Waals surface area contributed by atoms with E-state index in [1.807, 2.05) is 34.9 Å². The quantitative estimate of drug-likeness (QED) is 0.912. The summed E-state index contributed by atoms with van der Waals surface area (Å²) >= 11 is 1.98. The first-order valence-electron chi connectivity index (χ1n) is 8.87. The fraction of sp³-hybridized carbons (Fsp3) is 0.611. The van der Waals surface area contributed by atoms with E-state index >= 15 is 0 Å². The third-order valence-electron chi connectivity index (χ3n) is 4.87. The van der Waals surface area contributed by atoms with Gasteiger partial charge in [0.15, 0.2) is 0 Å². The van der Waals surface area contributed by atoms with Crippen molar-refractivity contribution in [2.75, 3.05) is 62.3 Å². The third-order valence-corrected chi connectivity index (χ3v) is 6.24. The lowest BCUT2D eigenvalue weighted by Gasteiger charge is -2.36. The molecule has 0 spiro atoms. The van der Waals surface area contributed by atoms with Crippen molar-refractivity contribution in [3.8, 4) is 0 Å². The van der Waals surface area contributed by atoms with E-state index in [1.165, 1.54) is 0 Å². The number of amides is 2. The van der Waals surface area contributed by atoms with Crippen molar-refractivity contribution < 1.29 is 4.79 Å². The van der Waals surface area contributed by atoms with E-state index < -0.39 is 0 Å². The molecular weight excluding hydrogens is 320 g/mol. The van der Waals surface area contributed by atoms with Crippen molar-refractivity contribution in [3.63, 3.8) is 0 Å². The fourth-order valence-corrected chi connectivity index (χ4v) is 4.43. The Morgan fingerprint density at radius 1 is 1.21 bits per heavy atom. The molecule has 132 valence electrons. The summed E-state index contributed by atoms with van der Waals surface area (Å²) in [5.41, 5.74) is 2.07. The van der Waals surface area contributed by atoms with Crippen LogP contribution in [0.25, 0.3) is 0 Å². The number of hydrogen-bond acceptors (Lipinski definition) is 4. The Morgan fingerprint density at radius 3 is 2.71 bits per heavy atom. The Kier molecular flexibility index (Phi) is 5.89. The number of benzene rings is 1. The first-order valence-corrected chi connectivity index (χ1v) is 9.92. The zero-order chi connectivity index (χ0) is 16.9. The average Bonchev–Trinajstić information content (AvgIpc) is 2.63. The average molecular weight is 349 g/mol. The van der Waals surface area contributed by atoms with Crippen LogP contribution < -0.4 is 10.2 Å². The minimum Gasteiger partial charge on any atom is -0.367 e. The van der Waals surface area contributed by atoms with Crippen LogP contribution in [0.2, 0.25) is 0 Å². The number of nitrogens with zero attached hydrogens (tertiary/aromatic N) is 3. The Balaban J connectivity index is 1.67. The summed E-state index contributed by atoms with van der Waals surface area (Å²) in [5.74, 6) is 1.03. The third kappa shape index (κ3) is 4.16. The number of para-hydroxylation sites is 2. The maximum absolute atomic E-state index is 12.7. The number of nitrogens with one attached hydrogen (secondary N) is 1. The van der Waals surface area contributed by atoms with Gasteiger partial charge in [0, 0.05) is 50.3 Å². The largest absolute Gasteiger partial charge is 0.367 e. The van der Waals surface area contributed by atoms with Gasteiger partial charge in [0.2, 0.25) is 0 Å². The molecule has 1 aromatic carbocycles. The topological polar surface area (TPSA) is 38.8 Å². The van der Waals surface area contributed by atoms with Crippen molar-refractivity contribution in [2.45, 2.75) is 18.6 Å². The van der Waals surface area contributed by atoms with Crippen molar-refractivity contribution in [3.05, 3.63) is 24.3 Å². The van der Waals surface area contributed by atoms with E-state index in [0.29, 0.717) is 5.25 Å². The van der Waals surface area contributed by atoms with Gasteiger partial charge in [-0.25, -0.2) is 4.79 Å². The molecule has 3 rings (SSSR count). The Morgan fingerprint density at radius 2 is 1.96 bits per heavy atom. The van der Waals surface area contributed by atoms with Crippen LogP contribution in [0.1, 0.15) is 13.3 Å². The van der Waals surface area contributed by atoms with Gasteiger partial charge in [0.25, 0.3) is 0 Å². The number of carbonyl (C=O) groups excluding carboxylic acids is 1. The summed E-state index contributed by atoms with van der Waals surface area (Å²) in [7, 11) is 2.16. The lowest BCUT2D eigenvalue weighted by molar-refractivity contribution is 0.213. The first-order chi connectivity index (χ1) is 11.7. The van der Waals surface area contributed by atoms with Crippen LogP contribution in [-0.2, 0) is 0 Å². The second kappa shape index (κ2) is 8.12. The molecule has 24 heavy (non-hydrogen) atoms. The highest BCUT2D eigenvalue weighted by atomic mass is 32.2. The van der Waals surface area contributed by atoms with Crippen molar-refractivity contribution in [2.24, 2.45) is 0 Å². The molecule has 0 aromatic heterocycles. The Bertz CT molecular complexity index is 560. The van der Waals surface area contributed by atoms with E-state index in [9.17, 15) is 4.79 Å². The van der Waals surface area contributed by atoms with Crippen LogP contribution in [0.3, 0.4) is 0 Å². The molecule has 1 aromatic rings. The van der Waals surface area contributed by atoms with Crippen LogP contribution in [0.5, 0.6) is 0 Å². The zero-order valence-corrected chi connectivity index (χ0v) is 15.5. The molecule has 2 heterocycles. The molecule has 0 aliphatic carbocycles. The molecule has 1 atom stereocenters. The lowest BCUT2D eigenvalue weighted by atomic mass is 10.2. The summed E-state index contributed by atoms with van der Waals surface area (Å²) in [6.45, 7) is 8.01. The lowest BCUT2D eigenvalue weighted by Crippen LogP contribution is -2.46. The predicted molar refractivity (Wildman–Crippen MR) is 103 cm³/mol. The van der Waals surface area contributed by atoms with Gasteiger partial charge >= 0.3 is 6.03 Å². The van der Waals surface area contributed by atoms with E-state index in [2.05, 4.69) is 35.2 Å². The molecule has 0 bridgehead atoms. The highest BCUT2D eigenvalue weighted by Crippen LogP contribution is 2.28. The van der Waals surface area contributed by atoms with E-state index in [-0.39, 0.29) is 6.03 Å². The number of urea groups is 1. The molecule has 2 aliphatic heterocycles. The molecular formula is C18H28N4OS. The molecule has 2 amide bonds. The molecule has 1 N–H and O–H groups in total. The summed E-state index contributed by atoms with van der Waals surface area (Å²) in [6.07, 6.45) is 1.12. The molecule has 2 fully saturated rings. The van der Waals surface area contributed by atoms with Gasteiger partial charge in [-0.3, -0.25) is 0 Å². The van der Waals surface area contributed by atoms with Crippen molar-refractivity contribution in [1.82, 2.24) is 9.80 Å². The minimum absolute atomic E-state index is 0.0373. The molecule has 0 saturated carbocycles. The normalized spacial score (nSPS) is 22.5. The number of thioether (sulfide) groups is 1. The number of piperazine rings is 1. The standard InChI is InChI=1S/C18H28N4OS/c1-3-15-14-22(12-13-24-15)18(23)19-16-6-4-5-7-17(16)21-10-8-20(2)9-11-21/h4-7,15H,3,8-14H2,1-2H3,(H,19,23)/t15-/m0/s1. The number of rotatable bonds is 3. The van der Waals surface area contributed by atoms with Gasteiger partial charge < -0.3 is 20.0 Å². The van der Waals surface area contributed by atoms with Gasteiger partial charge in [-0.1, -0.05) is 19.1 Å². The van der Waals surface area contributed by atoms with Gasteiger partial charge in [-0.15, -0.1) is 0 Å². The number of hydrogen-bond donors (Lipinski definition) is 1. The highest BCUT2D eigenvalue weighted by molar-refractivity contribution is 8.00. The second-order valence-electron chi connectivity index (χ2n) is 6.58. The Labute approximate surface area is 149 Å². The van der Waals surface area contributed by atoms with Crippen LogP contribution >= 0.6 is 11.8 Å². The second-order valence-corrected chi connectivity index (χ2v) is 7.99. The molecule has 6 heteroatoms. The van der Waals surface area contributed by atoms with Crippen LogP contribution in [0.15, 0.2) is 24.3 Å². The number of carbonyl (C=O) groups is 1. The van der Waals surface area contributed by atoms with Gasteiger partial charge in [0.1, 0.15) is 0 Å². The van der Waals surface area contributed by atoms with E-state index in [1.54, 1.807) is 0 Å². The van der Waals surface area contributed by atoms with Crippen molar-refractivity contribution >= 4 is 29.2 Å². The first kappa shape index (κ1) is 17.4. The maximum Gasteiger partial charge on any atom is 0.321 e. The number of likely N-dealkylation sites (N-methyl/N-ethyl adjacent to an activating group) is 1. The summed E-state index contributed by atoms with van der Waals surface area (Å²) in [5, 5.41) is 3.72. The SMILES string of the molecule is CC[C@H]1CN(C(=O)Nc2ccccc2N2CCN(C)CC2)CCS1. The van der Waals surface area contributed by atoms with Crippen LogP contribution in [0, 0.1) is 0 Å². The predicted octanol–water partition coefficient (Wildman–Crippen LogP) is 2.80. The fourth-order valence-electron chi connectivity index (χ4n) is 3.25. The Hall–Kier alpha value is -1.40. The summed E-state index contributed by atoms with van der Waals surface area (Å²) in [4.78, 5) is 19.4. The smallest absolute Gasteiger partial charge is 0.321 e. The molecule has 0 unspecified atom stereocenters. The van der Waals surface area contributed by atoms with Gasteiger partial charge in [-0.2, -0.15) is 11.8 Å². The molecule has 2 aliphatic rings. The van der Waals surface area contributed by atoms with Crippen LogP contribution in [0.4, 0.5) is 16.2 Å². The van der Waals surface area contributed by atoms with E-state index in [4.69, 9.17) is 0 Å². The van der Waals surface area contributed by atoms with Crippen LogP contribution in [-0.4, -0.2) is 73.1 Å². The highest BCUT2D eigenvalue weighted by Gasteiger charge is 2.24. The monoisotopic (exact) mass is 348 g/mol. The summed E-state index contributed by atoms with van der Waals surface area (Å²) < 4.78 is 0. The summed E-state index contributed by atoms with van der Waals surface area (Å²) in [6, 6.07) is 8.21. The zero-order valence-electron chi connectivity index (χ0n) is 14.7. The van der Waals surface area contributed by atoms with Gasteiger partial charge in [-0.05, 0) is 25.6 Å². The van der Waals surface area contributed by atoms with Crippen molar-refractivity contribution in [1.29, 1.82) is 0 Å². The molecule has 5 nitrogen and oxygen atoms in total. The molecule has 0 radical (unpaired) electrons. The van der Waals surface area contributed by atoms with E-state index in [0.717, 1.165) is 62.8 Å².